The number of ether oxygens (including phenoxy) is 1. The number of nitrogens with zero attached hydrogens (tertiary/aromatic N) is 1. The van der Waals surface area contributed by atoms with E-state index in [1.807, 2.05) is 12.1 Å². The van der Waals surface area contributed by atoms with E-state index in [1.54, 1.807) is 19.2 Å². The molecule has 0 saturated heterocycles. The molecule has 6 heteroatoms. The fourth-order valence-corrected chi connectivity index (χ4v) is 5.95. The molecule has 0 N–H and O–H groups in total. The third-order valence-electron chi connectivity index (χ3n) is 6.20. The summed E-state index contributed by atoms with van der Waals surface area (Å²) >= 11 is 0. The van der Waals surface area contributed by atoms with Crippen LogP contribution in [0.4, 0.5) is 4.39 Å². The van der Waals surface area contributed by atoms with Crippen LogP contribution in [-0.4, -0.2) is 27.0 Å². The molecule has 30 heavy (non-hydrogen) atoms. The second-order valence-electron chi connectivity index (χ2n) is 7.90. The number of methoxy groups -OCH3 is 1. The zero-order valence-electron chi connectivity index (χ0n) is 16.6. The Labute approximate surface area is 175 Å². The smallest absolute Gasteiger partial charge is 0.206 e. The molecule has 2 aliphatic rings. The summed E-state index contributed by atoms with van der Waals surface area (Å²) in [5.41, 5.74) is 4.84. The van der Waals surface area contributed by atoms with Crippen molar-refractivity contribution in [2.75, 3.05) is 13.7 Å². The summed E-state index contributed by atoms with van der Waals surface area (Å²) in [5, 5.41) is 0. The number of sulfone groups is 1. The van der Waals surface area contributed by atoms with Crippen LogP contribution >= 0.6 is 0 Å². The summed E-state index contributed by atoms with van der Waals surface area (Å²) in [7, 11) is -2.07. The van der Waals surface area contributed by atoms with E-state index >= 15 is 0 Å². The van der Waals surface area contributed by atoms with E-state index < -0.39 is 15.7 Å². The molecule has 5 rings (SSSR count). The van der Waals surface area contributed by atoms with Crippen molar-refractivity contribution in [1.82, 2.24) is 4.90 Å². The molecule has 3 aromatic carbocycles. The molecule has 2 heterocycles. The highest BCUT2D eigenvalue weighted by atomic mass is 32.2. The van der Waals surface area contributed by atoms with E-state index in [2.05, 4.69) is 17.0 Å². The van der Waals surface area contributed by atoms with Gasteiger partial charge in [-0.3, -0.25) is 4.90 Å². The van der Waals surface area contributed by atoms with Crippen molar-refractivity contribution < 1.29 is 17.5 Å². The van der Waals surface area contributed by atoms with E-state index in [1.165, 1.54) is 29.3 Å². The number of benzene rings is 3. The van der Waals surface area contributed by atoms with Gasteiger partial charge in [-0.1, -0.05) is 18.2 Å². The van der Waals surface area contributed by atoms with Crippen LogP contribution in [0, 0.1) is 5.82 Å². The molecule has 3 aromatic rings. The van der Waals surface area contributed by atoms with Gasteiger partial charge in [0.25, 0.3) is 0 Å². The Morgan fingerprint density at radius 1 is 0.967 bits per heavy atom. The maximum absolute atomic E-state index is 13.6. The molecule has 1 unspecified atom stereocenters. The zero-order valence-corrected chi connectivity index (χ0v) is 17.5. The van der Waals surface area contributed by atoms with Gasteiger partial charge in [-0.15, -0.1) is 0 Å². The molecule has 154 valence electrons. The lowest BCUT2D eigenvalue weighted by Gasteiger charge is -2.41. The fourth-order valence-electron chi connectivity index (χ4n) is 4.61. The molecule has 0 spiro atoms. The highest BCUT2D eigenvalue weighted by Gasteiger charge is 2.33. The molecule has 0 radical (unpaired) electrons. The minimum atomic E-state index is -3.75. The standard InChI is InChI=1S/C24H22FNO3S/c1-29-20-6-8-23-17(11-20)9-10-26-15-18-12-22(7-5-16(18)13-24(23)26)30(27,28)21-4-2-3-19(25)14-21/h2-8,11-12,14,24H,9-10,13,15H2,1H3. The first kappa shape index (κ1) is 19.3. The monoisotopic (exact) mass is 423 g/mol. The molecule has 0 amide bonds. The Morgan fingerprint density at radius 3 is 2.60 bits per heavy atom. The van der Waals surface area contributed by atoms with Gasteiger partial charge in [0.05, 0.1) is 16.9 Å². The topological polar surface area (TPSA) is 46.6 Å². The van der Waals surface area contributed by atoms with Crippen LogP contribution in [0.5, 0.6) is 5.75 Å². The van der Waals surface area contributed by atoms with Crippen LogP contribution in [0.15, 0.2) is 70.5 Å². The number of hydrogen-bond acceptors (Lipinski definition) is 4. The Hall–Kier alpha value is -2.70. The molecule has 0 saturated carbocycles. The summed E-state index contributed by atoms with van der Waals surface area (Å²) in [4.78, 5) is 2.61. The van der Waals surface area contributed by atoms with Crippen LogP contribution < -0.4 is 4.74 Å². The Bertz CT molecular complexity index is 1240. The van der Waals surface area contributed by atoms with Crippen molar-refractivity contribution in [2.45, 2.75) is 35.2 Å². The van der Waals surface area contributed by atoms with Crippen molar-refractivity contribution in [1.29, 1.82) is 0 Å². The summed E-state index contributed by atoms with van der Waals surface area (Å²) in [6, 6.07) is 17.1. The van der Waals surface area contributed by atoms with Gasteiger partial charge in [0.1, 0.15) is 11.6 Å². The van der Waals surface area contributed by atoms with Crippen LogP contribution in [0.3, 0.4) is 0 Å². The first-order valence-corrected chi connectivity index (χ1v) is 11.5. The molecular weight excluding hydrogens is 401 g/mol. The second-order valence-corrected chi connectivity index (χ2v) is 9.85. The van der Waals surface area contributed by atoms with Gasteiger partial charge in [0, 0.05) is 19.1 Å². The van der Waals surface area contributed by atoms with Crippen molar-refractivity contribution in [3.8, 4) is 5.75 Å². The maximum Gasteiger partial charge on any atom is 0.206 e. The normalized spacial score (nSPS) is 18.3. The van der Waals surface area contributed by atoms with Crippen LogP contribution in [0.2, 0.25) is 0 Å². The van der Waals surface area contributed by atoms with Gasteiger partial charge < -0.3 is 4.74 Å². The van der Waals surface area contributed by atoms with Crippen LogP contribution in [0.1, 0.15) is 28.3 Å². The Morgan fingerprint density at radius 2 is 1.80 bits per heavy atom. The lowest BCUT2D eigenvalue weighted by Crippen LogP contribution is -2.39. The first-order valence-electron chi connectivity index (χ1n) is 9.99. The molecule has 0 aliphatic carbocycles. The van der Waals surface area contributed by atoms with E-state index in [-0.39, 0.29) is 15.8 Å². The van der Waals surface area contributed by atoms with Gasteiger partial charge in [0.15, 0.2) is 0 Å². The average Bonchev–Trinajstić information content (AvgIpc) is 2.76. The van der Waals surface area contributed by atoms with Gasteiger partial charge in [-0.25, -0.2) is 12.8 Å². The highest BCUT2D eigenvalue weighted by Crippen LogP contribution is 2.40. The Balaban J connectivity index is 1.49. The number of halogens is 1. The Kier molecular flexibility index (Phi) is 4.64. The number of rotatable bonds is 3. The lowest BCUT2D eigenvalue weighted by atomic mass is 9.84. The molecule has 0 aromatic heterocycles. The van der Waals surface area contributed by atoms with E-state index in [4.69, 9.17) is 4.74 Å². The largest absolute Gasteiger partial charge is 0.497 e. The lowest BCUT2D eigenvalue weighted by molar-refractivity contribution is 0.160. The van der Waals surface area contributed by atoms with Crippen LogP contribution in [0.25, 0.3) is 0 Å². The van der Waals surface area contributed by atoms with Gasteiger partial charge in [0.2, 0.25) is 9.84 Å². The predicted octanol–water partition coefficient (Wildman–Crippen LogP) is 4.32. The maximum atomic E-state index is 13.6. The third-order valence-corrected chi connectivity index (χ3v) is 7.95. The summed E-state index contributed by atoms with van der Waals surface area (Å²) in [5.74, 6) is 0.325. The average molecular weight is 424 g/mol. The molecule has 0 fully saturated rings. The van der Waals surface area contributed by atoms with Crippen molar-refractivity contribution in [2.24, 2.45) is 0 Å². The SMILES string of the molecule is COc1ccc2c(c1)CCN1Cc3cc(S(=O)(=O)c4cccc(F)c4)ccc3CC21. The van der Waals surface area contributed by atoms with Crippen LogP contribution in [-0.2, 0) is 29.2 Å². The number of hydrogen-bond donors (Lipinski definition) is 0. The van der Waals surface area contributed by atoms with Gasteiger partial charge in [-0.2, -0.15) is 0 Å². The molecule has 4 nitrogen and oxygen atoms in total. The van der Waals surface area contributed by atoms with E-state index in [0.29, 0.717) is 6.54 Å². The molecule has 1 atom stereocenters. The number of fused-ring (bicyclic) bond motifs is 4. The minimum Gasteiger partial charge on any atom is -0.497 e. The molecule has 2 aliphatic heterocycles. The zero-order chi connectivity index (χ0) is 20.9. The van der Waals surface area contributed by atoms with Gasteiger partial charge >= 0.3 is 0 Å². The summed E-state index contributed by atoms with van der Waals surface area (Å²) in [6.07, 6.45) is 1.79. The highest BCUT2D eigenvalue weighted by molar-refractivity contribution is 7.91. The second kappa shape index (κ2) is 7.22. The quantitative estimate of drug-likeness (QED) is 0.629. The van der Waals surface area contributed by atoms with E-state index in [9.17, 15) is 12.8 Å². The van der Waals surface area contributed by atoms with Crippen molar-refractivity contribution >= 4 is 9.84 Å². The summed E-state index contributed by atoms with van der Waals surface area (Å²) in [6.45, 7) is 1.63. The van der Waals surface area contributed by atoms with E-state index in [0.717, 1.165) is 42.3 Å². The fraction of sp³-hybridized carbons (Fsp3) is 0.250. The van der Waals surface area contributed by atoms with Crippen molar-refractivity contribution in [3.63, 3.8) is 0 Å². The predicted molar refractivity (Wildman–Crippen MR) is 112 cm³/mol. The minimum absolute atomic E-state index is 0.0167. The molecule has 0 bridgehead atoms. The van der Waals surface area contributed by atoms with Gasteiger partial charge in [-0.05, 0) is 77.6 Å². The summed E-state index contributed by atoms with van der Waals surface area (Å²) < 4.78 is 44.9. The van der Waals surface area contributed by atoms with Crippen molar-refractivity contribution in [3.05, 3.63) is 88.7 Å². The first-order chi connectivity index (χ1) is 14.5. The molecular formula is C24H22FNO3S. The third kappa shape index (κ3) is 3.20.